The molecule has 0 aliphatic heterocycles. The molecule has 0 unspecified atom stereocenters. The van der Waals surface area contributed by atoms with Crippen LogP contribution in [-0.4, -0.2) is 18.0 Å². The number of thiophene rings is 1. The van der Waals surface area contributed by atoms with E-state index in [-0.39, 0.29) is 20.1 Å². The molecule has 7 rings (SSSR count). The van der Waals surface area contributed by atoms with Gasteiger partial charge in [-0.1, -0.05) is 94.2 Å². The quantitative estimate of drug-likeness (QED) is 0.128. The Morgan fingerprint density at radius 2 is 1.50 bits per heavy atom. The maximum atomic E-state index is 4.87. The first-order valence-electron chi connectivity index (χ1n) is 15.6. The summed E-state index contributed by atoms with van der Waals surface area (Å²) in [6, 6.07) is 34.4. The predicted molar refractivity (Wildman–Crippen MR) is 188 cm³/mol. The first-order chi connectivity index (χ1) is 20.8. The minimum atomic E-state index is -1.40. The van der Waals surface area contributed by atoms with Gasteiger partial charge in [0, 0.05) is 37.2 Å². The molecule has 1 aliphatic carbocycles. The van der Waals surface area contributed by atoms with Crippen molar-refractivity contribution in [2.45, 2.75) is 71.0 Å². The van der Waals surface area contributed by atoms with E-state index in [0.717, 1.165) is 22.5 Å². The normalized spacial score (nSPS) is 13.6. The zero-order chi connectivity index (χ0) is 30.0. The first-order valence-corrected chi connectivity index (χ1v) is 19.9. The molecule has 0 saturated heterocycles. The van der Waals surface area contributed by atoms with Gasteiger partial charge in [-0.2, -0.15) is 11.3 Å². The Bertz CT molecular complexity index is 1820. The molecule has 6 aromatic rings. The topological polar surface area (TPSA) is 25.8 Å². The molecular formula is C39H40IrN2SSi-2. The average molecular weight is 789 g/mol. The molecule has 3 aromatic heterocycles. The van der Waals surface area contributed by atoms with Crippen molar-refractivity contribution in [3.63, 3.8) is 0 Å². The molecule has 1 fully saturated rings. The summed E-state index contributed by atoms with van der Waals surface area (Å²) >= 11 is 1.93. The third-order valence-electron chi connectivity index (χ3n) is 8.57. The minimum Gasteiger partial charge on any atom is -0.304 e. The molecule has 2 nitrogen and oxygen atoms in total. The van der Waals surface area contributed by atoms with E-state index >= 15 is 0 Å². The molecule has 1 radical (unpaired) electrons. The second-order valence-electron chi connectivity index (χ2n) is 13.0. The molecule has 3 heterocycles. The summed E-state index contributed by atoms with van der Waals surface area (Å²) in [6.45, 7) is 11.6. The maximum absolute atomic E-state index is 4.87. The molecular weight excluding hydrogens is 749 g/mol. The zero-order valence-corrected chi connectivity index (χ0v) is 30.5. The van der Waals surface area contributed by atoms with E-state index in [1.165, 1.54) is 57.0 Å². The van der Waals surface area contributed by atoms with E-state index in [0.29, 0.717) is 11.8 Å². The van der Waals surface area contributed by atoms with Crippen LogP contribution >= 0.6 is 11.3 Å². The van der Waals surface area contributed by atoms with Gasteiger partial charge in [0.15, 0.2) is 0 Å². The van der Waals surface area contributed by atoms with E-state index in [9.17, 15) is 0 Å². The summed E-state index contributed by atoms with van der Waals surface area (Å²) in [5.41, 5.74) is 6.92. The maximum Gasteiger partial charge on any atom is 0.0794 e. The fraction of sp³-hybridized carbons (Fsp3) is 0.282. The van der Waals surface area contributed by atoms with Crippen LogP contribution in [0, 0.1) is 12.1 Å². The van der Waals surface area contributed by atoms with Gasteiger partial charge in [-0.25, -0.2) is 0 Å². The Kier molecular flexibility index (Phi) is 10.3. The summed E-state index contributed by atoms with van der Waals surface area (Å²) in [5, 5.41) is 4.29. The van der Waals surface area contributed by atoms with Crippen molar-refractivity contribution in [3.05, 3.63) is 115 Å². The Labute approximate surface area is 281 Å². The first kappa shape index (κ1) is 32.4. The number of nitrogens with zero attached hydrogens (tertiary/aromatic N) is 2. The number of fused-ring (bicyclic) bond motifs is 3. The van der Waals surface area contributed by atoms with E-state index in [2.05, 4.69) is 111 Å². The molecule has 0 bridgehead atoms. The van der Waals surface area contributed by atoms with E-state index < -0.39 is 8.07 Å². The van der Waals surface area contributed by atoms with Crippen molar-refractivity contribution in [2.75, 3.05) is 0 Å². The second-order valence-corrected chi connectivity index (χ2v) is 19.1. The number of rotatable bonds is 5. The smallest absolute Gasteiger partial charge is 0.0794 e. The van der Waals surface area contributed by atoms with Crippen molar-refractivity contribution in [3.8, 4) is 22.5 Å². The molecule has 1 saturated carbocycles. The van der Waals surface area contributed by atoms with Crippen LogP contribution in [0.15, 0.2) is 91.3 Å². The third kappa shape index (κ3) is 6.97. The summed E-state index contributed by atoms with van der Waals surface area (Å²) in [4.78, 5) is 9.31. The van der Waals surface area contributed by atoms with Crippen LogP contribution in [0.2, 0.25) is 19.6 Å². The number of benzene rings is 3. The SMILES string of the molecule is CC(C)c1ccc(-c2[c-]cccc2)nc1.C[Si](C)(C)c1cccc2c1sc1c(-c3ccc(C4CCCC4)cn3)[c-]ccc12.[Ir]. The van der Waals surface area contributed by atoms with Gasteiger partial charge in [-0.3, -0.25) is 0 Å². The standard InChI is InChI=1S/C25H26NSSi.C14H14N.Ir/c1-28(2,3)23-13-7-11-20-19-10-6-12-21(24(19)27-25(20)23)22-15-14-18(16-26-22)17-8-4-5-9-17;1-11(2)13-8-9-14(15-10-13)12-6-4-3-5-7-12;/h6-7,10-11,13-17H,4-5,8-9H2,1-3H3;3-6,8-11H,1-2H3;/q2*-1;. The van der Waals surface area contributed by atoms with Gasteiger partial charge in [0.05, 0.1) is 8.07 Å². The number of hydrogen-bond acceptors (Lipinski definition) is 3. The molecule has 227 valence electrons. The minimum absolute atomic E-state index is 0. The van der Waals surface area contributed by atoms with Crippen molar-refractivity contribution in [1.29, 1.82) is 0 Å². The molecule has 0 atom stereocenters. The monoisotopic (exact) mass is 789 g/mol. The molecule has 0 spiro atoms. The van der Waals surface area contributed by atoms with E-state index in [4.69, 9.17) is 4.98 Å². The van der Waals surface area contributed by atoms with Crippen LogP contribution in [0.1, 0.15) is 62.5 Å². The molecule has 3 aromatic carbocycles. The van der Waals surface area contributed by atoms with E-state index in [1.807, 2.05) is 41.8 Å². The van der Waals surface area contributed by atoms with Gasteiger partial charge in [-0.15, -0.1) is 59.7 Å². The fourth-order valence-corrected chi connectivity index (χ4v) is 9.76. The molecule has 1 aliphatic rings. The third-order valence-corrected chi connectivity index (χ3v) is 12.1. The van der Waals surface area contributed by atoms with Crippen LogP contribution in [0.4, 0.5) is 0 Å². The van der Waals surface area contributed by atoms with Crippen LogP contribution in [0.5, 0.6) is 0 Å². The Morgan fingerprint density at radius 3 is 2.14 bits per heavy atom. The van der Waals surface area contributed by atoms with Crippen LogP contribution < -0.4 is 5.19 Å². The van der Waals surface area contributed by atoms with Gasteiger partial charge in [-0.05, 0) is 62.5 Å². The summed E-state index contributed by atoms with van der Waals surface area (Å²) in [6.07, 6.45) is 9.41. The number of aromatic nitrogens is 2. The van der Waals surface area contributed by atoms with Crippen molar-refractivity contribution in [1.82, 2.24) is 9.97 Å². The van der Waals surface area contributed by atoms with Crippen LogP contribution in [0.3, 0.4) is 0 Å². The van der Waals surface area contributed by atoms with Gasteiger partial charge in [0.1, 0.15) is 0 Å². The molecule has 0 N–H and O–H groups in total. The van der Waals surface area contributed by atoms with E-state index in [1.54, 1.807) is 5.19 Å². The van der Waals surface area contributed by atoms with Crippen LogP contribution in [-0.2, 0) is 20.1 Å². The molecule has 44 heavy (non-hydrogen) atoms. The van der Waals surface area contributed by atoms with Gasteiger partial charge >= 0.3 is 0 Å². The molecule has 5 heteroatoms. The molecule has 0 amide bonds. The Hall–Kier alpha value is -2.95. The fourth-order valence-electron chi connectivity index (χ4n) is 6.06. The average Bonchev–Trinajstić information content (AvgIpc) is 3.70. The summed E-state index contributed by atoms with van der Waals surface area (Å²) < 4.78 is 2.78. The second kappa shape index (κ2) is 14.0. The van der Waals surface area contributed by atoms with Crippen molar-refractivity contribution >= 4 is 44.8 Å². The number of hydrogen-bond donors (Lipinski definition) is 0. The van der Waals surface area contributed by atoms with Crippen molar-refractivity contribution in [2.24, 2.45) is 0 Å². The predicted octanol–water partition coefficient (Wildman–Crippen LogP) is 10.8. The number of pyridine rings is 2. The van der Waals surface area contributed by atoms with Crippen LogP contribution in [0.25, 0.3) is 42.7 Å². The zero-order valence-electron chi connectivity index (χ0n) is 26.3. The van der Waals surface area contributed by atoms with Gasteiger partial charge in [0.2, 0.25) is 0 Å². The Morgan fingerprint density at radius 1 is 0.750 bits per heavy atom. The largest absolute Gasteiger partial charge is 0.304 e. The summed E-state index contributed by atoms with van der Waals surface area (Å²) in [7, 11) is -1.40. The van der Waals surface area contributed by atoms with Gasteiger partial charge in [0.25, 0.3) is 0 Å². The summed E-state index contributed by atoms with van der Waals surface area (Å²) in [5.74, 6) is 1.25. The Balaban J connectivity index is 0.000000204. The van der Waals surface area contributed by atoms with Crippen molar-refractivity contribution < 1.29 is 20.1 Å². The van der Waals surface area contributed by atoms with Gasteiger partial charge < -0.3 is 9.97 Å².